The van der Waals surface area contributed by atoms with E-state index in [4.69, 9.17) is 0 Å². The maximum atomic E-state index is 13.6. The summed E-state index contributed by atoms with van der Waals surface area (Å²) in [6.45, 7) is 1.28. The molecule has 0 aliphatic carbocycles. The molecule has 2 aromatic rings. The van der Waals surface area contributed by atoms with Gasteiger partial charge in [-0.05, 0) is 24.3 Å². The van der Waals surface area contributed by atoms with Gasteiger partial charge in [0.25, 0.3) is 5.91 Å². The minimum absolute atomic E-state index is 0.0861. The molecule has 31 heavy (non-hydrogen) atoms. The number of hydrogen-bond acceptors (Lipinski definition) is 6. The Kier molecular flexibility index (Phi) is 7.53. The van der Waals surface area contributed by atoms with Gasteiger partial charge in [-0.3, -0.25) is 9.59 Å². The molecule has 1 saturated heterocycles. The topological polar surface area (TPSA) is 112 Å². The second-order valence-electron chi connectivity index (χ2n) is 6.90. The third-order valence-corrected chi connectivity index (χ3v) is 6.69. The Balaban J connectivity index is 1.39. The Labute approximate surface area is 180 Å². The molecule has 2 heterocycles. The first-order valence-corrected chi connectivity index (χ1v) is 11.4. The van der Waals surface area contributed by atoms with Crippen molar-refractivity contribution in [1.29, 1.82) is 0 Å². The lowest BCUT2D eigenvalue weighted by atomic mass is 10.2. The van der Waals surface area contributed by atoms with E-state index in [1.807, 2.05) is 23.1 Å². The summed E-state index contributed by atoms with van der Waals surface area (Å²) in [6.07, 6.45) is 1.69. The molecule has 1 fully saturated rings. The standard InChI is InChI=1S/C20H24FN5O4S/c21-17-6-2-1-5-16(17)20(28)24-15-19(27)23-9-14-31(29,30)26-12-10-25(11-13-26)18-7-3-4-8-22-18/h1-8H,9-15H2,(H,23,27)(H,24,28). The van der Waals surface area contributed by atoms with Crippen LogP contribution in [-0.2, 0) is 14.8 Å². The number of nitrogens with one attached hydrogen (secondary N) is 2. The number of sulfonamides is 1. The molecule has 11 heteroatoms. The molecule has 1 aromatic carbocycles. The minimum atomic E-state index is -3.53. The lowest BCUT2D eigenvalue weighted by molar-refractivity contribution is -0.120. The van der Waals surface area contributed by atoms with E-state index >= 15 is 0 Å². The second kappa shape index (κ2) is 10.3. The van der Waals surface area contributed by atoms with Crippen molar-refractivity contribution in [2.24, 2.45) is 0 Å². The van der Waals surface area contributed by atoms with Gasteiger partial charge in [0, 0.05) is 38.9 Å². The number of nitrogens with zero attached hydrogens (tertiary/aromatic N) is 3. The van der Waals surface area contributed by atoms with Crippen LogP contribution in [0, 0.1) is 5.82 Å². The van der Waals surface area contributed by atoms with Crippen molar-refractivity contribution in [3.8, 4) is 0 Å². The first-order valence-electron chi connectivity index (χ1n) is 9.80. The fourth-order valence-electron chi connectivity index (χ4n) is 3.15. The Hall–Kier alpha value is -3.05. The smallest absolute Gasteiger partial charge is 0.254 e. The van der Waals surface area contributed by atoms with Gasteiger partial charge in [-0.15, -0.1) is 0 Å². The first-order chi connectivity index (χ1) is 14.9. The number of amides is 2. The molecule has 0 spiro atoms. The highest BCUT2D eigenvalue weighted by atomic mass is 32.2. The molecule has 9 nitrogen and oxygen atoms in total. The van der Waals surface area contributed by atoms with Crippen molar-refractivity contribution in [3.63, 3.8) is 0 Å². The summed E-state index contributed by atoms with van der Waals surface area (Å²) in [6, 6.07) is 11.0. The Morgan fingerprint density at radius 2 is 1.71 bits per heavy atom. The molecule has 0 bridgehead atoms. The molecule has 0 radical (unpaired) electrons. The molecule has 0 atom stereocenters. The Morgan fingerprint density at radius 1 is 1.00 bits per heavy atom. The summed E-state index contributed by atoms with van der Waals surface area (Å²) in [7, 11) is -3.53. The summed E-state index contributed by atoms with van der Waals surface area (Å²) in [5.41, 5.74) is -0.164. The molecule has 0 unspecified atom stereocenters. The van der Waals surface area contributed by atoms with Crippen LogP contribution in [0.1, 0.15) is 10.4 Å². The average molecular weight is 450 g/mol. The normalized spacial score (nSPS) is 14.8. The summed E-state index contributed by atoms with van der Waals surface area (Å²) >= 11 is 0. The number of halogens is 1. The van der Waals surface area contributed by atoms with E-state index in [9.17, 15) is 22.4 Å². The fourth-order valence-corrected chi connectivity index (χ4v) is 4.49. The van der Waals surface area contributed by atoms with Gasteiger partial charge in [0.1, 0.15) is 11.6 Å². The van der Waals surface area contributed by atoms with Crippen molar-refractivity contribution in [2.75, 3.05) is 49.9 Å². The monoisotopic (exact) mass is 449 g/mol. The van der Waals surface area contributed by atoms with Gasteiger partial charge in [0.2, 0.25) is 15.9 Å². The molecule has 166 valence electrons. The number of piperazine rings is 1. The van der Waals surface area contributed by atoms with Gasteiger partial charge >= 0.3 is 0 Å². The summed E-state index contributed by atoms with van der Waals surface area (Å²) in [5.74, 6) is -1.39. The molecule has 0 saturated carbocycles. The van der Waals surface area contributed by atoms with Crippen molar-refractivity contribution in [1.82, 2.24) is 19.9 Å². The number of aromatic nitrogens is 1. The maximum Gasteiger partial charge on any atom is 0.254 e. The number of rotatable bonds is 8. The van der Waals surface area contributed by atoms with Crippen LogP contribution >= 0.6 is 0 Å². The summed E-state index contributed by atoms with van der Waals surface area (Å²) < 4.78 is 40.0. The first kappa shape index (κ1) is 22.6. The van der Waals surface area contributed by atoms with Crippen LogP contribution in [0.5, 0.6) is 0 Å². The van der Waals surface area contributed by atoms with Crippen LogP contribution in [0.4, 0.5) is 10.2 Å². The highest BCUT2D eigenvalue weighted by Crippen LogP contribution is 2.14. The van der Waals surface area contributed by atoms with E-state index in [2.05, 4.69) is 15.6 Å². The van der Waals surface area contributed by atoms with Crippen molar-refractivity contribution < 1.29 is 22.4 Å². The van der Waals surface area contributed by atoms with Gasteiger partial charge in [-0.2, -0.15) is 4.31 Å². The molecule has 2 N–H and O–H groups in total. The van der Waals surface area contributed by atoms with Crippen LogP contribution in [0.3, 0.4) is 0 Å². The quantitative estimate of drug-likeness (QED) is 0.596. The minimum Gasteiger partial charge on any atom is -0.354 e. The van der Waals surface area contributed by atoms with E-state index < -0.39 is 27.7 Å². The fraction of sp³-hybridized carbons (Fsp3) is 0.350. The molecule has 1 aliphatic rings. The SMILES string of the molecule is O=C(CNC(=O)c1ccccc1F)NCCS(=O)(=O)N1CCN(c2ccccn2)CC1. The van der Waals surface area contributed by atoms with Gasteiger partial charge in [0.05, 0.1) is 17.9 Å². The number of hydrogen-bond donors (Lipinski definition) is 2. The van der Waals surface area contributed by atoms with E-state index in [-0.39, 0.29) is 24.4 Å². The third-order valence-electron chi connectivity index (χ3n) is 4.82. The second-order valence-corrected chi connectivity index (χ2v) is 8.99. The molecule has 3 rings (SSSR count). The molecular formula is C20H24FN5O4S. The lowest BCUT2D eigenvalue weighted by Gasteiger charge is -2.34. The molecule has 2 amide bonds. The zero-order chi connectivity index (χ0) is 22.3. The lowest BCUT2D eigenvalue weighted by Crippen LogP contribution is -2.50. The predicted octanol–water partition coefficient (Wildman–Crippen LogP) is 0.219. The molecular weight excluding hydrogens is 425 g/mol. The van der Waals surface area contributed by atoms with E-state index in [1.165, 1.54) is 22.5 Å². The van der Waals surface area contributed by atoms with E-state index in [1.54, 1.807) is 6.20 Å². The number of carbonyl (C=O) groups is 2. The highest BCUT2D eigenvalue weighted by molar-refractivity contribution is 7.89. The zero-order valence-corrected chi connectivity index (χ0v) is 17.6. The van der Waals surface area contributed by atoms with Gasteiger partial charge < -0.3 is 15.5 Å². The zero-order valence-electron chi connectivity index (χ0n) is 16.8. The number of pyridine rings is 1. The van der Waals surface area contributed by atoms with Crippen LogP contribution in [-0.4, -0.2) is 74.5 Å². The summed E-state index contributed by atoms with van der Waals surface area (Å²) in [4.78, 5) is 30.1. The molecule has 1 aliphatic heterocycles. The van der Waals surface area contributed by atoms with E-state index in [0.717, 1.165) is 11.9 Å². The summed E-state index contributed by atoms with van der Waals surface area (Å²) in [5, 5.41) is 4.77. The predicted molar refractivity (Wildman–Crippen MR) is 114 cm³/mol. The van der Waals surface area contributed by atoms with Crippen LogP contribution in [0.25, 0.3) is 0 Å². The van der Waals surface area contributed by atoms with Gasteiger partial charge in [0.15, 0.2) is 0 Å². The number of anilines is 1. The van der Waals surface area contributed by atoms with Gasteiger partial charge in [-0.25, -0.2) is 17.8 Å². The number of benzene rings is 1. The molecule has 1 aromatic heterocycles. The van der Waals surface area contributed by atoms with Crippen molar-refractivity contribution in [2.45, 2.75) is 0 Å². The van der Waals surface area contributed by atoms with Crippen LogP contribution in [0.2, 0.25) is 0 Å². The largest absolute Gasteiger partial charge is 0.354 e. The third kappa shape index (κ3) is 6.22. The van der Waals surface area contributed by atoms with Crippen LogP contribution < -0.4 is 15.5 Å². The van der Waals surface area contributed by atoms with Crippen LogP contribution in [0.15, 0.2) is 48.7 Å². The van der Waals surface area contributed by atoms with E-state index in [0.29, 0.717) is 26.2 Å². The van der Waals surface area contributed by atoms with Crippen molar-refractivity contribution in [3.05, 3.63) is 60.0 Å². The van der Waals surface area contributed by atoms with Gasteiger partial charge in [-0.1, -0.05) is 18.2 Å². The average Bonchev–Trinajstić information content (AvgIpc) is 2.78. The van der Waals surface area contributed by atoms with Crippen molar-refractivity contribution >= 4 is 27.7 Å². The Morgan fingerprint density at radius 3 is 2.39 bits per heavy atom. The Bertz CT molecular complexity index is 1010. The number of carbonyl (C=O) groups excluding carboxylic acids is 2. The maximum absolute atomic E-state index is 13.6. The highest BCUT2D eigenvalue weighted by Gasteiger charge is 2.27.